The number of urea groups is 1. The van der Waals surface area contributed by atoms with Crippen LogP contribution in [0.4, 0.5) is 10.5 Å². The Balaban J connectivity index is 1.55. The number of carbonyl (C=O) groups is 3. The minimum absolute atomic E-state index is 0.196. The summed E-state index contributed by atoms with van der Waals surface area (Å²) >= 11 is 5.91. The Morgan fingerprint density at radius 2 is 2.03 bits per heavy atom. The molecule has 150 valence electrons. The number of hydrogen-bond donors (Lipinski definition) is 2. The monoisotopic (exact) mass is 422 g/mol. The number of halogens is 1. The predicted molar refractivity (Wildman–Crippen MR) is 109 cm³/mol. The maximum absolute atomic E-state index is 13.0. The smallest absolute Gasteiger partial charge is 0.325 e. The SMILES string of the molecule is CC1(c2cc3ccccc3o2)NC(=O)N(CC(=O)Nc2cc(Cl)ccc2C#N)C1=O. The molecule has 1 aromatic heterocycles. The van der Waals surface area contributed by atoms with E-state index in [1.165, 1.54) is 25.1 Å². The zero-order valence-electron chi connectivity index (χ0n) is 15.7. The van der Waals surface area contributed by atoms with Crippen LogP contribution >= 0.6 is 11.6 Å². The number of nitriles is 1. The lowest BCUT2D eigenvalue weighted by atomic mass is 9.99. The summed E-state index contributed by atoms with van der Waals surface area (Å²) < 4.78 is 5.75. The van der Waals surface area contributed by atoms with Gasteiger partial charge in [0.25, 0.3) is 5.91 Å². The summed E-state index contributed by atoms with van der Waals surface area (Å²) in [7, 11) is 0. The topological polar surface area (TPSA) is 115 Å². The van der Waals surface area contributed by atoms with Crippen LogP contribution in [-0.2, 0) is 15.1 Å². The Hall–Kier alpha value is -3.83. The van der Waals surface area contributed by atoms with E-state index in [4.69, 9.17) is 21.3 Å². The average molecular weight is 423 g/mol. The molecular formula is C21H15ClN4O4. The number of rotatable bonds is 4. The second-order valence-corrected chi connectivity index (χ2v) is 7.38. The van der Waals surface area contributed by atoms with Gasteiger partial charge in [-0.15, -0.1) is 0 Å². The summed E-state index contributed by atoms with van der Waals surface area (Å²) in [6.07, 6.45) is 0. The van der Waals surface area contributed by atoms with Gasteiger partial charge in [0, 0.05) is 10.4 Å². The van der Waals surface area contributed by atoms with Gasteiger partial charge in [0.1, 0.15) is 24.0 Å². The van der Waals surface area contributed by atoms with Crippen LogP contribution in [0.1, 0.15) is 18.2 Å². The van der Waals surface area contributed by atoms with Crippen LogP contribution in [0.15, 0.2) is 52.9 Å². The fourth-order valence-corrected chi connectivity index (χ4v) is 3.46. The predicted octanol–water partition coefficient (Wildman–Crippen LogP) is 3.36. The quantitative estimate of drug-likeness (QED) is 0.625. The highest BCUT2D eigenvalue weighted by Gasteiger charge is 2.51. The van der Waals surface area contributed by atoms with Gasteiger partial charge in [-0.2, -0.15) is 5.26 Å². The fraction of sp³-hybridized carbons (Fsp3) is 0.143. The minimum Gasteiger partial charge on any atom is -0.458 e. The Labute approximate surface area is 176 Å². The van der Waals surface area contributed by atoms with Crippen LogP contribution in [0.2, 0.25) is 5.02 Å². The summed E-state index contributed by atoms with van der Waals surface area (Å²) in [5.74, 6) is -0.994. The van der Waals surface area contributed by atoms with E-state index in [1.807, 2.05) is 18.2 Å². The van der Waals surface area contributed by atoms with Gasteiger partial charge in [0.05, 0.1) is 11.3 Å². The number of anilines is 1. The lowest BCUT2D eigenvalue weighted by Gasteiger charge is -2.19. The summed E-state index contributed by atoms with van der Waals surface area (Å²) in [6, 6.07) is 14.5. The van der Waals surface area contributed by atoms with E-state index in [-0.39, 0.29) is 17.0 Å². The van der Waals surface area contributed by atoms with Crippen molar-refractivity contribution < 1.29 is 18.8 Å². The average Bonchev–Trinajstić information content (AvgIpc) is 3.24. The third-order valence-corrected chi connectivity index (χ3v) is 5.11. The number of carbonyl (C=O) groups excluding carboxylic acids is 3. The number of imide groups is 1. The summed E-state index contributed by atoms with van der Waals surface area (Å²) in [6.45, 7) is 0.992. The molecule has 0 saturated carbocycles. The van der Waals surface area contributed by atoms with Crippen molar-refractivity contribution in [3.63, 3.8) is 0 Å². The molecule has 9 heteroatoms. The van der Waals surface area contributed by atoms with Crippen molar-refractivity contribution in [2.75, 3.05) is 11.9 Å². The minimum atomic E-state index is -1.44. The van der Waals surface area contributed by atoms with E-state index in [2.05, 4.69) is 10.6 Å². The van der Waals surface area contributed by atoms with Crippen molar-refractivity contribution in [1.82, 2.24) is 10.2 Å². The van der Waals surface area contributed by atoms with E-state index in [0.29, 0.717) is 10.6 Å². The molecule has 1 saturated heterocycles. The van der Waals surface area contributed by atoms with Crippen molar-refractivity contribution in [1.29, 1.82) is 5.26 Å². The first-order chi connectivity index (χ1) is 14.3. The summed E-state index contributed by atoms with van der Waals surface area (Å²) in [5, 5.41) is 15.4. The van der Waals surface area contributed by atoms with Crippen molar-refractivity contribution in [3.8, 4) is 6.07 Å². The maximum atomic E-state index is 13.0. The number of amides is 4. The van der Waals surface area contributed by atoms with Crippen LogP contribution < -0.4 is 10.6 Å². The molecule has 4 amide bonds. The molecule has 4 rings (SSSR count). The second-order valence-electron chi connectivity index (χ2n) is 6.94. The Bertz CT molecular complexity index is 1210. The number of nitrogens with one attached hydrogen (secondary N) is 2. The van der Waals surface area contributed by atoms with Crippen LogP contribution in [-0.4, -0.2) is 29.3 Å². The van der Waals surface area contributed by atoms with Crippen LogP contribution in [0.5, 0.6) is 0 Å². The number of fused-ring (bicyclic) bond motifs is 1. The second kappa shape index (κ2) is 7.21. The molecule has 3 aromatic rings. The molecule has 1 unspecified atom stereocenters. The number of nitrogens with zero attached hydrogens (tertiary/aromatic N) is 2. The standard InChI is InChI=1S/C21H15ClN4O4/c1-21(17-8-12-4-2-3-5-16(12)30-17)19(28)26(20(29)25-21)11-18(27)24-15-9-14(22)7-6-13(15)10-23/h2-9H,11H2,1H3,(H,24,27)(H,25,29). The highest BCUT2D eigenvalue weighted by molar-refractivity contribution is 6.31. The van der Waals surface area contributed by atoms with Gasteiger partial charge in [-0.1, -0.05) is 29.8 Å². The van der Waals surface area contributed by atoms with Gasteiger partial charge >= 0.3 is 6.03 Å². The zero-order chi connectivity index (χ0) is 21.5. The van der Waals surface area contributed by atoms with Crippen molar-refractivity contribution >= 4 is 46.1 Å². The van der Waals surface area contributed by atoms with Crippen molar-refractivity contribution in [2.45, 2.75) is 12.5 Å². The van der Waals surface area contributed by atoms with Crippen molar-refractivity contribution in [2.24, 2.45) is 0 Å². The molecule has 2 N–H and O–H groups in total. The molecule has 1 aliphatic heterocycles. The number of furan rings is 1. The largest absolute Gasteiger partial charge is 0.458 e. The molecular weight excluding hydrogens is 408 g/mol. The maximum Gasteiger partial charge on any atom is 0.325 e. The van der Waals surface area contributed by atoms with E-state index >= 15 is 0 Å². The van der Waals surface area contributed by atoms with Gasteiger partial charge in [0.15, 0.2) is 5.54 Å². The summed E-state index contributed by atoms with van der Waals surface area (Å²) in [5.41, 5.74) is -0.458. The van der Waals surface area contributed by atoms with Crippen LogP contribution in [0.3, 0.4) is 0 Å². The molecule has 8 nitrogen and oxygen atoms in total. The molecule has 2 aromatic carbocycles. The number of hydrogen-bond acceptors (Lipinski definition) is 5. The van der Waals surface area contributed by atoms with Gasteiger partial charge in [-0.25, -0.2) is 4.79 Å². The third kappa shape index (κ3) is 3.25. The number of para-hydroxylation sites is 1. The number of benzene rings is 2. The molecule has 0 radical (unpaired) electrons. The van der Waals surface area contributed by atoms with E-state index in [0.717, 1.165) is 10.3 Å². The first-order valence-corrected chi connectivity index (χ1v) is 9.32. The van der Waals surface area contributed by atoms with Crippen molar-refractivity contribution in [3.05, 3.63) is 64.9 Å². The summed E-state index contributed by atoms with van der Waals surface area (Å²) in [4.78, 5) is 38.7. The molecule has 1 aliphatic rings. The molecule has 1 fully saturated rings. The molecule has 2 heterocycles. The highest BCUT2D eigenvalue weighted by Crippen LogP contribution is 2.33. The normalized spacial score (nSPS) is 18.4. The van der Waals surface area contributed by atoms with Crippen LogP contribution in [0.25, 0.3) is 11.0 Å². The van der Waals surface area contributed by atoms with E-state index in [9.17, 15) is 14.4 Å². The molecule has 0 bridgehead atoms. The van der Waals surface area contributed by atoms with Gasteiger partial charge < -0.3 is 15.1 Å². The van der Waals surface area contributed by atoms with E-state index in [1.54, 1.807) is 18.2 Å². The lowest BCUT2D eigenvalue weighted by Crippen LogP contribution is -2.41. The highest BCUT2D eigenvalue weighted by atomic mass is 35.5. The fourth-order valence-electron chi connectivity index (χ4n) is 3.29. The third-order valence-electron chi connectivity index (χ3n) is 4.87. The Morgan fingerprint density at radius 3 is 2.77 bits per heavy atom. The molecule has 1 atom stereocenters. The first kappa shape index (κ1) is 19.5. The zero-order valence-corrected chi connectivity index (χ0v) is 16.5. The Morgan fingerprint density at radius 1 is 1.27 bits per heavy atom. The van der Waals surface area contributed by atoms with E-state index < -0.39 is 29.9 Å². The molecule has 0 spiro atoms. The first-order valence-electron chi connectivity index (χ1n) is 8.94. The van der Waals surface area contributed by atoms with Gasteiger partial charge in [-0.05, 0) is 37.3 Å². The van der Waals surface area contributed by atoms with Crippen LogP contribution in [0, 0.1) is 11.3 Å². The molecule has 0 aliphatic carbocycles. The van der Waals surface area contributed by atoms with Gasteiger partial charge in [0.2, 0.25) is 5.91 Å². The van der Waals surface area contributed by atoms with Gasteiger partial charge in [-0.3, -0.25) is 14.5 Å². The molecule has 30 heavy (non-hydrogen) atoms. The Kier molecular flexibility index (Phi) is 4.68. The lowest BCUT2D eigenvalue weighted by molar-refractivity contribution is -0.134.